The fourth-order valence-corrected chi connectivity index (χ4v) is 2.94. The van der Waals surface area contributed by atoms with Crippen LogP contribution >= 0.6 is 15.9 Å². The molecule has 1 aliphatic heterocycles. The normalized spacial score (nSPS) is 18.4. The smallest absolute Gasteiger partial charge is 0.228 e. The van der Waals surface area contributed by atoms with E-state index in [1.54, 1.807) is 7.11 Å². The molecule has 1 aromatic carbocycles. The maximum Gasteiger partial charge on any atom is 0.228 e. The molecule has 1 aliphatic rings. The van der Waals surface area contributed by atoms with Gasteiger partial charge in [0.15, 0.2) is 0 Å². The summed E-state index contributed by atoms with van der Waals surface area (Å²) in [5, 5.41) is 7.48. The lowest BCUT2D eigenvalue weighted by Crippen LogP contribution is -2.23. The molecule has 20 heavy (non-hydrogen) atoms. The zero-order valence-electron chi connectivity index (χ0n) is 11.2. The summed E-state index contributed by atoms with van der Waals surface area (Å²) < 4.78 is 11.4. The van der Waals surface area contributed by atoms with Gasteiger partial charge in [0.1, 0.15) is 5.75 Å². The van der Waals surface area contributed by atoms with Crippen LogP contribution in [0.3, 0.4) is 0 Å². The van der Waals surface area contributed by atoms with Crippen LogP contribution in [-0.4, -0.2) is 29.8 Å². The Morgan fingerprint density at radius 1 is 1.50 bits per heavy atom. The number of methoxy groups -OCH3 is 1. The fourth-order valence-electron chi connectivity index (χ4n) is 2.40. The maximum atomic E-state index is 5.33. The molecule has 1 atom stereocenters. The Hall–Kier alpha value is -1.40. The van der Waals surface area contributed by atoms with E-state index in [2.05, 4.69) is 31.4 Å². The van der Waals surface area contributed by atoms with Gasteiger partial charge in [-0.1, -0.05) is 5.16 Å². The number of ether oxygens (including phenoxy) is 1. The van der Waals surface area contributed by atoms with Crippen molar-refractivity contribution in [3.63, 3.8) is 0 Å². The van der Waals surface area contributed by atoms with E-state index in [1.165, 1.54) is 12.8 Å². The molecule has 3 rings (SSSR count). The van der Waals surface area contributed by atoms with Crippen LogP contribution in [0.4, 0.5) is 0 Å². The van der Waals surface area contributed by atoms with Crippen molar-refractivity contribution in [2.75, 3.05) is 13.7 Å². The van der Waals surface area contributed by atoms with E-state index < -0.39 is 0 Å². The first-order valence-electron chi connectivity index (χ1n) is 6.66. The molecule has 1 aromatic heterocycles. The highest BCUT2D eigenvalue weighted by Gasteiger charge is 2.18. The third kappa shape index (κ3) is 2.86. The molecule has 0 saturated carbocycles. The number of benzene rings is 1. The van der Waals surface area contributed by atoms with Gasteiger partial charge >= 0.3 is 0 Å². The lowest BCUT2D eigenvalue weighted by molar-refractivity contribution is 0.364. The molecule has 1 N–H and O–H groups in total. The van der Waals surface area contributed by atoms with Crippen molar-refractivity contribution in [1.82, 2.24) is 15.5 Å². The summed E-state index contributed by atoms with van der Waals surface area (Å²) in [6.07, 6.45) is 3.19. The molecule has 2 aromatic rings. The molecular weight excluding hydrogens is 322 g/mol. The fraction of sp³-hybridized carbons (Fsp3) is 0.429. The predicted octanol–water partition coefficient (Wildman–Crippen LogP) is 2.80. The van der Waals surface area contributed by atoms with E-state index in [9.17, 15) is 0 Å². The second kappa shape index (κ2) is 5.93. The largest absolute Gasteiger partial charge is 0.496 e. The molecule has 1 saturated heterocycles. The molecule has 0 bridgehead atoms. The van der Waals surface area contributed by atoms with E-state index in [-0.39, 0.29) is 0 Å². The van der Waals surface area contributed by atoms with E-state index in [0.29, 0.717) is 17.8 Å². The number of hydrogen-bond acceptors (Lipinski definition) is 5. The minimum absolute atomic E-state index is 0.464. The number of hydrogen-bond donors (Lipinski definition) is 1. The molecule has 5 nitrogen and oxygen atoms in total. The van der Waals surface area contributed by atoms with Gasteiger partial charge in [0.05, 0.1) is 11.6 Å². The molecule has 0 amide bonds. The van der Waals surface area contributed by atoms with Gasteiger partial charge in [-0.3, -0.25) is 0 Å². The quantitative estimate of drug-likeness (QED) is 0.929. The standard InChI is InChI=1S/C14H16BrN3O2/c1-19-12-5-4-9(7-11(12)15)14-17-13(20-18-14)8-10-3-2-6-16-10/h4-5,7,10,16H,2-3,6,8H2,1H3. The SMILES string of the molecule is COc1ccc(-c2noc(CC3CCCN3)n2)cc1Br. The van der Waals surface area contributed by atoms with Gasteiger partial charge in [0, 0.05) is 18.0 Å². The summed E-state index contributed by atoms with van der Waals surface area (Å²) in [6, 6.07) is 6.20. The molecular formula is C14H16BrN3O2. The predicted molar refractivity (Wildman–Crippen MR) is 78.7 cm³/mol. The van der Waals surface area contributed by atoms with Gasteiger partial charge in [0.2, 0.25) is 11.7 Å². The molecule has 106 valence electrons. The Bertz CT molecular complexity index is 594. The highest BCUT2D eigenvalue weighted by Crippen LogP contribution is 2.29. The first kappa shape index (κ1) is 13.6. The van der Waals surface area contributed by atoms with Gasteiger partial charge in [-0.05, 0) is 53.5 Å². The third-order valence-corrected chi connectivity index (χ3v) is 4.08. The van der Waals surface area contributed by atoms with Crippen LogP contribution in [0.2, 0.25) is 0 Å². The minimum Gasteiger partial charge on any atom is -0.496 e. The highest BCUT2D eigenvalue weighted by molar-refractivity contribution is 9.10. The van der Waals surface area contributed by atoms with Crippen LogP contribution in [-0.2, 0) is 6.42 Å². The van der Waals surface area contributed by atoms with Crippen molar-refractivity contribution in [3.8, 4) is 17.1 Å². The van der Waals surface area contributed by atoms with Crippen molar-refractivity contribution < 1.29 is 9.26 Å². The molecule has 1 fully saturated rings. The van der Waals surface area contributed by atoms with Crippen molar-refractivity contribution in [3.05, 3.63) is 28.6 Å². The minimum atomic E-state index is 0.464. The number of aromatic nitrogens is 2. The number of halogens is 1. The number of rotatable bonds is 4. The molecule has 1 unspecified atom stereocenters. The first-order chi connectivity index (χ1) is 9.76. The summed E-state index contributed by atoms with van der Waals surface area (Å²) in [5.74, 6) is 2.08. The Labute approximate surface area is 125 Å². The Morgan fingerprint density at radius 3 is 3.10 bits per heavy atom. The van der Waals surface area contributed by atoms with Crippen molar-refractivity contribution in [1.29, 1.82) is 0 Å². The summed E-state index contributed by atoms with van der Waals surface area (Å²) in [5.41, 5.74) is 0.909. The summed E-state index contributed by atoms with van der Waals surface area (Å²) in [6.45, 7) is 1.08. The lowest BCUT2D eigenvalue weighted by atomic mass is 10.1. The Morgan fingerprint density at radius 2 is 2.40 bits per heavy atom. The number of nitrogens with one attached hydrogen (secondary N) is 1. The van der Waals surface area contributed by atoms with Gasteiger partial charge in [0.25, 0.3) is 0 Å². The summed E-state index contributed by atoms with van der Waals surface area (Å²) >= 11 is 3.46. The van der Waals surface area contributed by atoms with Gasteiger partial charge < -0.3 is 14.6 Å². The molecule has 0 aliphatic carbocycles. The third-order valence-electron chi connectivity index (χ3n) is 3.46. The maximum absolute atomic E-state index is 5.33. The zero-order chi connectivity index (χ0) is 13.9. The van der Waals surface area contributed by atoms with Crippen LogP contribution in [0, 0.1) is 0 Å². The van der Waals surface area contributed by atoms with Gasteiger partial charge in [-0.25, -0.2) is 0 Å². The Kier molecular flexibility index (Phi) is 4.03. The monoisotopic (exact) mass is 337 g/mol. The van der Waals surface area contributed by atoms with Crippen LogP contribution in [0.1, 0.15) is 18.7 Å². The molecule has 6 heteroatoms. The highest BCUT2D eigenvalue weighted by atomic mass is 79.9. The molecule has 0 radical (unpaired) electrons. The second-order valence-corrected chi connectivity index (χ2v) is 5.71. The average Bonchev–Trinajstić information content (AvgIpc) is 3.11. The second-order valence-electron chi connectivity index (χ2n) is 4.86. The van der Waals surface area contributed by atoms with Crippen molar-refractivity contribution in [2.45, 2.75) is 25.3 Å². The van der Waals surface area contributed by atoms with Crippen LogP contribution in [0.5, 0.6) is 5.75 Å². The summed E-state index contributed by atoms with van der Waals surface area (Å²) in [4.78, 5) is 4.46. The van der Waals surface area contributed by atoms with Crippen LogP contribution < -0.4 is 10.1 Å². The van der Waals surface area contributed by atoms with E-state index in [0.717, 1.165) is 28.8 Å². The van der Waals surface area contributed by atoms with E-state index in [1.807, 2.05) is 18.2 Å². The van der Waals surface area contributed by atoms with E-state index >= 15 is 0 Å². The van der Waals surface area contributed by atoms with Crippen LogP contribution in [0.25, 0.3) is 11.4 Å². The molecule has 0 spiro atoms. The van der Waals surface area contributed by atoms with Crippen LogP contribution in [0.15, 0.2) is 27.2 Å². The van der Waals surface area contributed by atoms with E-state index in [4.69, 9.17) is 9.26 Å². The molecule has 2 heterocycles. The van der Waals surface area contributed by atoms with Gasteiger partial charge in [-0.15, -0.1) is 0 Å². The Balaban J connectivity index is 1.77. The van der Waals surface area contributed by atoms with Crippen molar-refractivity contribution in [2.24, 2.45) is 0 Å². The average molecular weight is 338 g/mol. The number of nitrogens with zero attached hydrogens (tertiary/aromatic N) is 2. The zero-order valence-corrected chi connectivity index (χ0v) is 12.8. The van der Waals surface area contributed by atoms with Crippen molar-refractivity contribution >= 4 is 15.9 Å². The van der Waals surface area contributed by atoms with Gasteiger partial charge in [-0.2, -0.15) is 4.98 Å². The first-order valence-corrected chi connectivity index (χ1v) is 7.45. The summed E-state index contributed by atoms with van der Waals surface area (Å²) in [7, 11) is 1.64. The topological polar surface area (TPSA) is 60.2 Å². The lowest BCUT2D eigenvalue weighted by Gasteiger charge is -2.04.